The van der Waals surface area contributed by atoms with E-state index in [0.29, 0.717) is 31.9 Å². The smallest absolute Gasteiger partial charge is 0.274 e. The molecule has 0 bridgehead atoms. The fourth-order valence-corrected chi connectivity index (χ4v) is 3.12. The van der Waals surface area contributed by atoms with E-state index in [1.807, 2.05) is 18.7 Å². The maximum atomic E-state index is 12.4. The van der Waals surface area contributed by atoms with Crippen LogP contribution in [0.15, 0.2) is 6.07 Å². The molecule has 0 saturated carbocycles. The van der Waals surface area contributed by atoms with Gasteiger partial charge in [-0.2, -0.15) is 5.10 Å². The molecule has 7 heteroatoms. The third kappa shape index (κ3) is 2.85. The number of ether oxygens (including phenoxy) is 1. The second-order valence-corrected chi connectivity index (χ2v) is 6.07. The summed E-state index contributed by atoms with van der Waals surface area (Å²) in [4.78, 5) is 28.5. The largest absolute Gasteiger partial charge is 0.368 e. The van der Waals surface area contributed by atoms with E-state index in [0.717, 1.165) is 18.5 Å². The van der Waals surface area contributed by atoms with Crippen LogP contribution < -0.4 is 0 Å². The van der Waals surface area contributed by atoms with Crippen molar-refractivity contribution in [2.45, 2.75) is 38.8 Å². The highest BCUT2D eigenvalue weighted by Crippen LogP contribution is 2.19. The average molecular weight is 306 g/mol. The molecule has 1 aromatic rings. The summed E-state index contributed by atoms with van der Waals surface area (Å²) in [5.41, 5.74) is 1.30. The standard InChI is InChI=1S/C15H22N4O3/c1-10-8-12(17-16-10)14(20)18-5-6-19(11(2)9-18)15(21)13-4-3-7-22-13/h8,11,13H,3-7,9H2,1-2H3,(H,16,17)/t11-,13?/m1/s1. The Balaban J connectivity index is 1.62. The number of hydrogen-bond donors (Lipinski definition) is 1. The Hall–Kier alpha value is -1.89. The van der Waals surface area contributed by atoms with Gasteiger partial charge in [0.05, 0.1) is 0 Å². The van der Waals surface area contributed by atoms with Crippen LogP contribution in [0, 0.1) is 6.92 Å². The van der Waals surface area contributed by atoms with Gasteiger partial charge in [0.1, 0.15) is 11.8 Å². The quantitative estimate of drug-likeness (QED) is 0.866. The van der Waals surface area contributed by atoms with Gasteiger partial charge in [-0.3, -0.25) is 14.7 Å². The third-order valence-corrected chi connectivity index (χ3v) is 4.33. The van der Waals surface area contributed by atoms with Crippen molar-refractivity contribution in [3.63, 3.8) is 0 Å². The molecule has 2 aliphatic rings. The van der Waals surface area contributed by atoms with E-state index in [1.54, 1.807) is 11.0 Å². The topological polar surface area (TPSA) is 78.5 Å². The van der Waals surface area contributed by atoms with Gasteiger partial charge in [-0.15, -0.1) is 0 Å². The van der Waals surface area contributed by atoms with Crippen molar-refractivity contribution in [1.82, 2.24) is 20.0 Å². The predicted molar refractivity (Wildman–Crippen MR) is 79.4 cm³/mol. The average Bonchev–Trinajstić information content (AvgIpc) is 3.17. The van der Waals surface area contributed by atoms with E-state index in [1.165, 1.54) is 0 Å². The summed E-state index contributed by atoms with van der Waals surface area (Å²) in [5, 5.41) is 6.80. The number of carbonyl (C=O) groups excluding carboxylic acids is 2. The number of rotatable bonds is 2. The highest BCUT2D eigenvalue weighted by Gasteiger charge is 2.35. The molecule has 1 aromatic heterocycles. The molecule has 0 aromatic carbocycles. The summed E-state index contributed by atoms with van der Waals surface area (Å²) < 4.78 is 5.48. The van der Waals surface area contributed by atoms with Crippen molar-refractivity contribution in [2.75, 3.05) is 26.2 Å². The minimum absolute atomic E-state index is 0.00515. The van der Waals surface area contributed by atoms with E-state index < -0.39 is 0 Å². The lowest BCUT2D eigenvalue weighted by atomic mass is 10.1. The van der Waals surface area contributed by atoms with Gasteiger partial charge in [0.25, 0.3) is 11.8 Å². The van der Waals surface area contributed by atoms with Crippen molar-refractivity contribution in [1.29, 1.82) is 0 Å². The van der Waals surface area contributed by atoms with Crippen LogP contribution in [0.5, 0.6) is 0 Å². The van der Waals surface area contributed by atoms with E-state index in [-0.39, 0.29) is 24.0 Å². The zero-order chi connectivity index (χ0) is 15.7. The molecule has 1 unspecified atom stereocenters. The molecule has 0 aliphatic carbocycles. The van der Waals surface area contributed by atoms with Gasteiger partial charge in [0.2, 0.25) is 0 Å². The Morgan fingerprint density at radius 2 is 2.23 bits per heavy atom. The van der Waals surface area contributed by atoms with Crippen molar-refractivity contribution in [3.05, 3.63) is 17.5 Å². The number of aromatic nitrogens is 2. The summed E-state index contributed by atoms with van der Waals surface area (Å²) in [7, 11) is 0. The maximum Gasteiger partial charge on any atom is 0.274 e. The number of H-pyrrole nitrogens is 1. The van der Waals surface area contributed by atoms with Crippen LogP contribution in [-0.4, -0.2) is 70.2 Å². The molecule has 2 aliphatic heterocycles. The number of piperazine rings is 1. The van der Waals surface area contributed by atoms with Gasteiger partial charge >= 0.3 is 0 Å². The summed E-state index contributed by atoms with van der Waals surface area (Å²) in [5.74, 6) is -0.0203. The molecule has 0 radical (unpaired) electrons. The van der Waals surface area contributed by atoms with Crippen LogP contribution >= 0.6 is 0 Å². The van der Waals surface area contributed by atoms with Crippen molar-refractivity contribution < 1.29 is 14.3 Å². The first kappa shape index (κ1) is 15.0. The number of nitrogens with zero attached hydrogens (tertiary/aromatic N) is 3. The molecular formula is C15H22N4O3. The Labute approximate surface area is 129 Å². The highest BCUT2D eigenvalue weighted by molar-refractivity contribution is 5.92. The maximum absolute atomic E-state index is 12.4. The van der Waals surface area contributed by atoms with Gasteiger partial charge in [0, 0.05) is 38.0 Å². The SMILES string of the molecule is Cc1cc(C(=O)N2CCN(C(=O)C3CCCO3)[C@H](C)C2)n[nH]1. The number of carbonyl (C=O) groups is 2. The number of amides is 2. The number of aromatic amines is 1. The number of hydrogen-bond acceptors (Lipinski definition) is 4. The third-order valence-electron chi connectivity index (χ3n) is 4.33. The Bertz CT molecular complexity index is 565. The summed E-state index contributed by atoms with van der Waals surface area (Å²) in [6.45, 7) is 6.13. The minimum Gasteiger partial charge on any atom is -0.368 e. The molecule has 2 amide bonds. The molecular weight excluding hydrogens is 284 g/mol. The van der Waals surface area contributed by atoms with E-state index in [2.05, 4.69) is 10.2 Å². The van der Waals surface area contributed by atoms with Gasteiger partial charge in [0.15, 0.2) is 0 Å². The lowest BCUT2D eigenvalue weighted by Crippen LogP contribution is -2.57. The van der Waals surface area contributed by atoms with Crippen molar-refractivity contribution >= 4 is 11.8 Å². The second-order valence-electron chi connectivity index (χ2n) is 6.07. The van der Waals surface area contributed by atoms with E-state index >= 15 is 0 Å². The fraction of sp³-hybridized carbons (Fsp3) is 0.667. The van der Waals surface area contributed by atoms with Crippen LogP contribution in [0.3, 0.4) is 0 Å². The lowest BCUT2D eigenvalue weighted by molar-refractivity contribution is -0.145. The Morgan fingerprint density at radius 3 is 2.82 bits per heavy atom. The molecule has 2 fully saturated rings. The number of nitrogens with one attached hydrogen (secondary N) is 1. The molecule has 0 spiro atoms. The monoisotopic (exact) mass is 306 g/mol. The van der Waals surface area contributed by atoms with Crippen LogP contribution in [0.25, 0.3) is 0 Å². The Kier molecular flexibility index (Phi) is 4.15. The lowest BCUT2D eigenvalue weighted by Gasteiger charge is -2.40. The number of aryl methyl sites for hydroxylation is 1. The molecule has 22 heavy (non-hydrogen) atoms. The molecule has 2 saturated heterocycles. The normalized spacial score (nSPS) is 25.5. The summed E-state index contributed by atoms with van der Waals surface area (Å²) in [6.07, 6.45) is 1.46. The zero-order valence-corrected chi connectivity index (χ0v) is 13.0. The van der Waals surface area contributed by atoms with Crippen LogP contribution in [0.4, 0.5) is 0 Å². The van der Waals surface area contributed by atoms with Crippen molar-refractivity contribution in [2.24, 2.45) is 0 Å². The molecule has 2 atom stereocenters. The van der Waals surface area contributed by atoms with Crippen LogP contribution in [0.1, 0.15) is 35.9 Å². The van der Waals surface area contributed by atoms with Crippen LogP contribution in [-0.2, 0) is 9.53 Å². The summed E-state index contributed by atoms with van der Waals surface area (Å²) in [6, 6.07) is 1.74. The molecule has 7 nitrogen and oxygen atoms in total. The minimum atomic E-state index is -0.293. The highest BCUT2D eigenvalue weighted by atomic mass is 16.5. The first-order valence-corrected chi connectivity index (χ1v) is 7.79. The molecule has 1 N–H and O–H groups in total. The van der Waals surface area contributed by atoms with E-state index in [4.69, 9.17) is 4.74 Å². The first-order chi connectivity index (χ1) is 10.6. The van der Waals surface area contributed by atoms with E-state index in [9.17, 15) is 9.59 Å². The molecule has 120 valence electrons. The first-order valence-electron chi connectivity index (χ1n) is 7.79. The van der Waals surface area contributed by atoms with Gasteiger partial charge in [-0.25, -0.2) is 0 Å². The van der Waals surface area contributed by atoms with Crippen LogP contribution in [0.2, 0.25) is 0 Å². The predicted octanol–water partition coefficient (Wildman–Crippen LogP) is 0.570. The Morgan fingerprint density at radius 1 is 1.41 bits per heavy atom. The van der Waals surface area contributed by atoms with Gasteiger partial charge < -0.3 is 14.5 Å². The fourth-order valence-electron chi connectivity index (χ4n) is 3.12. The van der Waals surface area contributed by atoms with Gasteiger partial charge in [-0.1, -0.05) is 0 Å². The zero-order valence-electron chi connectivity index (χ0n) is 13.0. The second kappa shape index (κ2) is 6.08. The summed E-state index contributed by atoms with van der Waals surface area (Å²) >= 11 is 0. The van der Waals surface area contributed by atoms with Gasteiger partial charge in [-0.05, 0) is 32.8 Å². The molecule has 3 heterocycles. The van der Waals surface area contributed by atoms with Crippen molar-refractivity contribution in [3.8, 4) is 0 Å². The molecule has 3 rings (SSSR count).